The summed E-state index contributed by atoms with van der Waals surface area (Å²) in [6, 6.07) is 10.0. The van der Waals surface area contributed by atoms with Crippen LogP contribution in [0.4, 0.5) is 5.82 Å². The zero-order valence-electron chi connectivity index (χ0n) is 12.9. The van der Waals surface area contributed by atoms with E-state index in [9.17, 15) is 5.26 Å². The number of nitrogens with two attached hydrogens (primary N) is 1. The van der Waals surface area contributed by atoms with Gasteiger partial charge in [0.25, 0.3) is 0 Å². The van der Waals surface area contributed by atoms with Gasteiger partial charge in [-0.15, -0.1) is 0 Å². The Labute approximate surface area is 130 Å². The SMILES string of the molecule is COc1ccc(-c2c(C#N)c(N)nc3c2C[C@H](C)CC3)cc1. The van der Waals surface area contributed by atoms with Gasteiger partial charge < -0.3 is 10.5 Å². The van der Waals surface area contributed by atoms with Crippen molar-refractivity contribution in [3.63, 3.8) is 0 Å². The second-order valence-electron chi connectivity index (χ2n) is 5.86. The molecule has 112 valence electrons. The summed E-state index contributed by atoms with van der Waals surface area (Å²) >= 11 is 0. The zero-order valence-corrected chi connectivity index (χ0v) is 12.9. The summed E-state index contributed by atoms with van der Waals surface area (Å²) in [5.74, 6) is 1.73. The first-order chi connectivity index (χ1) is 10.6. The third kappa shape index (κ3) is 2.39. The van der Waals surface area contributed by atoms with Crippen molar-refractivity contribution in [1.29, 1.82) is 5.26 Å². The number of nitrogen functional groups attached to an aromatic ring is 1. The van der Waals surface area contributed by atoms with Crippen LogP contribution in [-0.2, 0) is 12.8 Å². The van der Waals surface area contributed by atoms with Crippen molar-refractivity contribution in [2.24, 2.45) is 5.92 Å². The maximum absolute atomic E-state index is 9.53. The number of pyridine rings is 1. The molecule has 1 aliphatic rings. The van der Waals surface area contributed by atoms with Crippen molar-refractivity contribution < 1.29 is 4.74 Å². The minimum Gasteiger partial charge on any atom is -0.497 e. The predicted octanol–water partition coefficient (Wildman–Crippen LogP) is 3.34. The van der Waals surface area contributed by atoms with Gasteiger partial charge >= 0.3 is 0 Å². The molecule has 0 radical (unpaired) electrons. The second-order valence-corrected chi connectivity index (χ2v) is 5.86. The van der Waals surface area contributed by atoms with Gasteiger partial charge in [0.1, 0.15) is 23.2 Å². The van der Waals surface area contributed by atoms with Gasteiger partial charge in [0.05, 0.1) is 7.11 Å². The molecule has 22 heavy (non-hydrogen) atoms. The first-order valence-corrected chi connectivity index (χ1v) is 7.49. The summed E-state index contributed by atoms with van der Waals surface area (Å²) in [6.45, 7) is 2.24. The van der Waals surface area contributed by atoms with Crippen molar-refractivity contribution in [2.45, 2.75) is 26.2 Å². The van der Waals surface area contributed by atoms with Crippen LogP contribution in [0.25, 0.3) is 11.1 Å². The number of anilines is 1. The van der Waals surface area contributed by atoms with E-state index in [-0.39, 0.29) is 0 Å². The fraction of sp³-hybridized carbons (Fsp3) is 0.333. The molecule has 4 nitrogen and oxygen atoms in total. The lowest BCUT2D eigenvalue weighted by Crippen LogP contribution is -2.16. The molecule has 3 rings (SSSR count). The van der Waals surface area contributed by atoms with Gasteiger partial charge in [-0.3, -0.25) is 0 Å². The Morgan fingerprint density at radius 2 is 2.05 bits per heavy atom. The van der Waals surface area contributed by atoms with E-state index >= 15 is 0 Å². The molecular formula is C18H19N3O. The first-order valence-electron chi connectivity index (χ1n) is 7.49. The van der Waals surface area contributed by atoms with Crippen LogP contribution in [0, 0.1) is 17.2 Å². The normalized spacial score (nSPS) is 16.7. The average molecular weight is 293 g/mol. The molecule has 1 aromatic heterocycles. The Bertz CT molecular complexity index is 744. The molecule has 0 saturated heterocycles. The third-order valence-corrected chi connectivity index (χ3v) is 4.33. The Kier molecular flexibility index (Phi) is 3.72. The van der Waals surface area contributed by atoms with Crippen LogP contribution in [0.2, 0.25) is 0 Å². The van der Waals surface area contributed by atoms with E-state index in [1.54, 1.807) is 7.11 Å². The van der Waals surface area contributed by atoms with E-state index in [1.807, 2.05) is 24.3 Å². The van der Waals surface area contributed by atoms with Gasteiger partial charge in [-0.25, -0.2) is 4.98 Å². The maximum atomic E-state index is 9.53. The largest absolute Gasteiger partial charge is 0.497 e. The van der Waals surface area contributed by atoms with E-state index in [0.717, 1.165) is 41.8 Å². The summed E-state index contributed by atoms with van der Waals surface area (Å²) in [7, 11) is 1.64. The van der Waals surface area contributed by atoms with Gasteiger partial charge in [-0.1, -0.05) is 19.1 Å². The summed E-state index contributed by atoms with van der Waals surface area (Å²) in [5, 5.41) is 9.53. The monoisotopic (exact) mass is 293 g/mol. The molecule has 1 aromatic carbocycles. The van der Waals surface area contributed by atoms with Crippen molar-refractivity contribution in [1.82, 2.24) is 4.98 Å². The number of nitrogens with zero attached hydrogens (tertiary/aromatic N) is 2. The number of methoxy groups -OCH3 is 1. The van der Waals surface area contributed by atoms with Crippen LogP contribution < -0.4 is 10.5 Å². The highest BCUT2D eigenvalue weighted by atomic mass is 16.5. The summed E-state index contributed by atoms with van der Waals surface area (Å²) in [5.41, 5.74) is 10.7. The number of aryl methyl sites for hydroxylation is 1. The molecule has 1 aliphatic carbocycles. The lowest BCUT2D eigenvalue weighted by molar-refractivity contribution is 0.415. The number of nitriles is 1. The highest BCUT2D eigenvalue weighted by Gasteiger charge is 2.24. The molecule has 4 heteroatoms. The number of aromatic nitrogens is 1. The molecule has 0 unspecified atom stereocenters. The minimum atomic E-state index is 0.335. The number of ether oxygens (including phenoxy) is 1. The van der Waals surface area contributed by atoms with Gasteiger partial charge in [0.2, 0.25) is 0 Å². The molecule has 1 atom stereocenters. The van der Waals surface area contributed by atoms with Crippen LogP contribution in [0.1, 0.15) is 30.2 Å². The van der Waals surface area contributed by atoms with Crippen LogP contribution in [-0.4, -0.2) is 12.1 Å². The van der Waals surface area contributed by atoms with Crippen molar-refractivity contribution in [3.8, 4) is 22.9 Å². The minimum absolute atomic E-state index is 0.335. The van der Waals surface area contributed by atoms with E-state index in [0.29, 0.717) is 17.3 Å². The predicted molar refractivity (Wildman–Crippen MR) is 86.5 cm³/mol. The molecule has 2 aromatic rings. The topological polar surface area (TPSA) is 71.9 Å². The van der Waals surface area contributed by atoms with Gasteiger partial charge in [0.15, 0.2) is 0 Å². The van der Waals surface area contributed by atoms with E-state index < -0.39 is 0 Å². The molecule has 0 aliphatic heterocycles. The molecule has 0 bridgehead atoms. The van der Waals surface area contributed by atoms with Crippen molar-refractivity contribution in [3.05, 3.63) is 41.1 Å². The van der Waals surface area contributed by atoms with Crippen LogP contribution in [0.5, 0.6) is 5.75 Å². The average Bonchev–Trinajstić information content (AvgIpc) is 2.54. The molecule has 2 N–H and O–H groups in total. The van der Waals surface area contributed by atoms with E-state index in [1.165, 1.54) is 5.56 Å². The fourth-order valence-corrected chi connectivity index (χ4v) is 3.14. The van der Waals surface area contributed by atoms with Gasteiger partial charge in [-0.2, -0.15) is 5.26 Å². The highest BCUT2D eigenvalue weighted by molar-refractivity contribution is 5.79. The van der Waals surface area contributed by atoms with Crippen LogP contribution in [0.3, 0.4) is 0 Å². The van der Waals surface area contributed by atoms with Crippen molar-refractivity contribution >= 4 is 5.82 Å². The third-order valence-electron chi connectivity index (χ3n) is 4.33. The molecule has 0 spiro atoms. The van der Waals surface area contributed by atoms with Crippen LogP contribution >= 0.6 is 0 Å². The number of rotatable bonds is 2. The molecular weight excluding hydrogens is 274 g/mol. The summed E-state index contributed by atoms with van der Waals surface area (Å²) in [4.78, 5) is 4.47. The molecule has 0 fully saturated rings. The fourth-order valence-electron chi connectivity index (χ4n) is 3.14. The van der Waals surface area contributed by atoms with E-state index in [2.05, 4.69) is 18.0 Å². The molecule has 0 amide bonds. The summed E-state index contributed by atoms with van der Waals surface area (Å²) < 4.78 is 5.21. The summed E-state index contributed by atoms with van der Waals surface area (Å²) in [6.07, 6.45) is 2.99. The Balaban J connectivity index is 2.23. The lowest BCUT2D eigenvalue weighted by atomic mass is 9.82. The number of hydrogen-bond acceptors (Lipinski definition) is 4. The van der Waals surface area contributed by atoms with Crippen LogP contribution in [0.15, 0.2) is 24.3 Å². The zero-order chi connectivity index (χ0) is 15.7. The molecule has 1 heterocycles. The van der Waals surface area contributed by atoms with Gasteiger partial charge in [0, 0.05) is 11.3 Å². The Hall–Kier alpha value is -2.54. The Morgan fingerprint density at radius 1 is 1.32 bits per heavy atom. The molecule has 0 saturated carbocycles. The van der Waals surface area contributed by atoms with Gasteiger partial charge in [-0.05, 0) is 48.4 Å². The quantitative estimate of drug-likeness (QED) is 0.921. The number of benzene rings is 1. The standard InChI is InChI=1S/C18H19N3O/c1-11-3-8-16-14(9-11)17(15(10-19)18(20)21-16)12-4-6-13(22-2)7-5-12/h4-7,11H,3,8-9H2,1-2H3,(H2,20,21)/t11-/m1/s1. The lowest BCUT2D eigenvalue weighted by Gasteiger charge is -2.25. The highest BCUT2D eigenvalue weighted by Crippen LogP contribution is 2.37. The Morgan fingerprint density at radius 3 is 2.68 bits per heavy atom. The maximum Gasteiger partial charge on any atom is 0.142 e. The first kappa shape index (κ1) is 14.4. The number of hydrogen-bond donors (Lipinski definition) is 1. The van der Waals surface area contributed by atoms with Crippen molar-refractivity contribution in [2.75, 3.05) is 12.8 Å². The smallest absolute Gasteiger partial charge is 0.142 e. The second kappa shape index (κ2) is 5.69. The number of fused-ring (bicyclic) bond motifs is 1. The van der Waals surface area contributed by atoms with E-state index in [4.69, 9.17) is 10.5 Å².